The van der Waals surface area contributed by atoms with E-state index in [1.165, 1.54) is 12.1 Å². The van der Waals surface area contributed by atoms with E-state index in [4.69, 9.17) is 11.6 Å². The summed E-state index contributed by atoms with van der Waals surface area (Å²) in [6.45, 7) is 3.30. The molecule has 1 unspecified atom stereocenters. The number of hydrogen-bond donors (Lipinski definition) is 2. The molecule has 17 heavy (non-hydrogen) atoms. The summed E-state index contributed by atoms with van der Waals surface area (Å²) in [4.78, 5) is 11.8. The van der Waals surface area contributed by atoms with Crippen molar-refractivity contribution in [3.05, 3.63) is 34.6 Å². The van der Waals surface area contributed by atoms with Crippen molar-refractivity contribution >= 4 is 17.5 Å². The van der Waals surface area contributed by atoms with E-state index in [-0.39, 0.29) is 12.2 Å². The lowest BCUT2D eigenvalue weighted by Crippen LogP contribution is -2.48. The van der Waals surface area contributed by atoms with E-state index < -0.39 is 17.3 Å². The molecule has 94 valence electrons. The van der Waals surface area contributed by atoms with Crippen molar-refractivity contribution in [2.45, 2.75) is 25.8 Å². The van der Waals surface area contributed by atoms with Gasteiger partial charge in [0, 0.05) is 5.02 Å². The first-order valence-electron chi connectivity index (χ1n) is 5.30. The SMILES string of the molecule is CCC(C)(CO)NC(=O)c1cc(Cl)ccc1F. The third-order valence-electron chi connectivity index (χ3n) is 2.72. The molecule has 1 atom stereocenters. The van der Waals surface area contributed by atoms with Gasteiger partial charge in [-0.05, 0) is 31.5 Å². The molecule has 1 aromatic carbocycles. The van der Waals surface area contributed by atoms with Crippen LogP contribution in [0.4, 0.5) is 4.39 Å². The van der Waals surface area contributed by atoms with Crippen LogP contribution in [0.15, 0.2) is 18.2 Å². The summed E-state index contributed by atoms with van der Waals surface area (Å²) in [6, 6.07) is 3.78. The Labute approximate surface area is 105 Å². The molecule has 0 saturated heterocycles. The Morgan fingerprint density at radius 1 is 1.59 bits per heavy atom. The standard InChI is InChI=1S/C12H15ClFNO2/c1-3-12(2,7-16)15-11(17)9-6-8(13)4-5-10(9)14/h4-6,16H,3,7H2,1-2H3,(H,15,17). The van der Waals surface area contributed by atoms with Crippen molar-refractivity contribution in [2.24, 2.45) is 0 Å². The lowest BCUT2D eigenvalue weighted by Gasteiger charge is -2.27. The summed E-state index contributed by atoms with van der Waals surface area (Å²) in [5, 5.41) is 12.1. The number of carbonyl (C=O) groups excluding carboxylic acids is 1. The van der Waals surface area contributed by atoms with E-state index >= 15 is 0 Å². The third kappa shape index (κ3) is 3.41. The van der Waals surface area contributed by atoms with Gasteiger partial charge in [0.2, 0.25) is 0 Å². The molecule has 0 aliphatic carbocycles. The van der Waals surface area contributed by atoms with Gasteiger partial charge in [-0.3, -0.25) is 4.79 Å². The van der Waals surface area contributed by atoms with Crippen LogP contribution in [-0.2, 0) is 0 Å². The van der Waals surface area contributed by atoms with Gasteiger partial charge >= 0.3 is 0 Å². The molecule has 0 spiro atoms. The second-order valence-electron chi connectivity index (χ2n) is 4.15. The number of halogens is 2. The Morgan fingerprint density at radius 2 is 2.24 bits per heavy atom. The summed E-state index contributed by atoms with van der Waals surface area (Å²) in [7, 11) is 0. The van der Waals surface area contributed by atoms with Gasteiger partial charge in [-0.2, -0.15) is 0 Å². The molecule has 2 N–H and O–H groups in total. The zero-order valence-corrected chi connectivity index (χ0v) is 10.5. The molecule has 0 heterocycles. The van der Waals surface area contributed by atoms with E-state index in [0.717, 1.165) is 6.07 Å². The van der Waals surface area contributed by atoms with Crippen LogP contribution in [0.5, 0.6) is 0 Å². The molecule has 5 heteroatoms. The van der Waals surface area contributed by atoms with E-state index in [9.17, 15) is 14.3 Å². The van der Waals surface area contributed by atoms with E-state index in [1.54, 1.807) is 6.92 Å². The van der Waals surface area contributed by atoms with Gasteiger partial charge in [0.15, 0.2) is 0 Å². The molecule has 0 radical (unpaired) electrons. The van der Waals surface area contributed by atoms with Gasteiger partial charge in [0.05, 0.1) is 17.7 Å². The number of benzene rings is 1. The topological polar surface area (TPSA) is 49.3 Å². The zero-order chi connectivity index (χ0) is 13.1. The summed E-state index contributed by atoms with van der Waals surface area (Å²) in [5.74, 6) is -1.22. The Morgan fingerprint density at radius 3 is 2.76 bits per heavy atom. The smallest absolute Gasteiger partial charge is 0.254 e. The van der Waals surface area contributed by atoms with Crippen molar-refractivity contribution in [2.75, 3.05) is 6.61 Å². The van der Waals surface area contributed by atoms with Crippen LogP contribution in [-0.4, -0.2) is 23.2 Å². The number of amides is 1. The highest BCUT2D eigenvalue weighted by molar-refractivity contribution is 6.31. The predicted octanol–water partition coefficient (Wildman–Crippen LogP) is 2.37. The Hall–Kier alpha value is -1.13. The number of aliphatic hydroxyl groups excluding tert-OH is 1. The number of rotatable bonds is 4. The van der Waals surface area contributed by atoms with Crippen LogP contribution in [0.3, 0.4) is 0 Å². The molecule has 0 fully saturated rings. The van der Waals surface area contributed by atoms with Gasteiger partial charge in [-0.15, -0.1) is 0 Å². The van der Waals surface area contributed by atoms with Crippen LogP contribution >= 0.6 is 11.6 Å². The highest BCUT2D eigenvalue weighted by atomic mass is 35.5. The van der Waals surface area contributed by atoms with Gasteiger partial charge in [0.1, 0.15) is 5.82 Å². The van der Waals surface area contributed by atoms with E-state index in [1.807, 2.05) is 6.92 Å². The number of nitrogens with one attached hydrogen (secondary N) is 1. The third-order valence-corrected chi connectivity index (χ3v) is 2.95. The van der Waals surface area contributed by atoms with Crippen LogP contribution in [0.25, 0.3) is 0 Å². The average Bonchev–Trinajstić information content (AvgIpc) is 2.32. The fraction of sp³-hybridized carbons (Fsp3) is 0.417. The molecule has 0 aliphatic rings. The van der Waals surface area contributed by atoms with Crippen LogP contribution in [0.1, 0.15) is 30.6 Å². The molecule has 1 aromatic rings. The first kappa shape index (κ1) is 13.9. The Kier molecular flexibility index (Phi) is 4.48. The molecule has 1 amide bonds. The normalized spacial score (nSPS) is 14.2. The minimum Gasteiger partial charge on any atom is -0.394 e. The van der Waals surface area contributed by atoms with Crippen LogP contribution in [0.2, 0.25) is 5.02 Å². The summed E-state index contributed by atoms with van der Waals surface area (Å²) in [5.41, 5.74) is -0.878. The second-order valence-corrected chi connectivity index (χ2v) is 4.59. The summed E-state index contributed by atoms with van der Waals surface area (Å²) < 4.78 is 13.4. The monoisotopic (exact) mass is 259 g/mol. The molecular formula is C12H15ClFNO2. The second kappa shape index (κ2) is 5.47. The summed E-state index contributed by atoms with van der Waals surface area (Å²) >= 11 is 5.70. The van der Waals surface area contributed by atoms with Gasteiger partial charge in [0.25, 0.3) is 5.91 Å². The summed E-state index contributed by atoms with van der Waals surface area (Å²) in [6.07, 6.45) is 0.539. The van der Waals surface area contributed by atoms with Gasteiger partial charge in [-0.1, -0.05) is 18.5 Å². The first-order valence-corrected chi connectivity index (χ1v) is 5.68. The Balaban J connectivity index is 2.94. The molecule has 0 aliphatic heterocycles. The minimum absolute atomic E-state index is 0.120. The van der Waals surface area contributed by atoms with Crippen LogP contribution in [0, 0.1) is 5.82 Å². The van der Waals surface area contributed by atoms with E-state index in [2.05, 4.69) is 5.32 Å². The maximum atomic E-state index is 13.4. The molecule has 0 saturated carbocycles. The first-order chi connectivity index (χ1) is 7.91. The number of carbonyl (C=O) groups is 1. The largest absolute Gasteiger partial charge is 0.394 e. The number of aliphatic hydroxyl groups is 1. The molecule has 1 rings (SSSR count). The lowest BCUT2D eigenvalue weighted by atomic mass is 9.99. The number of hydrogen-bond acceptors (Lipinski definition) is 2. The van der Waals surface area contributed by atoms with Crippen LogP contribution < -0.4 is 5.32 Å². The maximum Gasteiger partial charge on any atom is 0.254 e. The molecular weight excluding hydrogens is 245 g/mol. The minimum atomic E-state index is -0.758. The highest BCUT2D eigenvalue weighted by Crippen LogP contribution is 2.16. The predicted molar refractivity (Wildman–Crippen MR) is 64.7 cm³/mol. The van der Waals surface area contributed by atoms with Crippen molar-refractivity contribution in [3.8, 4) is 0 Å². The van der Waals surface area contributed by atoms with Crippen molar-refractivity contribution in [3.63, 3.8) is 0 Å². The molecule has 3 nitrogen and oxygen atoms in total. The zero-order valence-electron chi connectivity index (χ0n) is 9.76. The fourth-order valence-corrected chi connectivity index (χ4v) is 1.42. The van der Waals surface area contributed by atoms with Crippen molar-refractivity contribution in [1.29, 1.82) is 0 Å². The maximum absolute atomic E-state index is 13.4. The quantitative estimate of drug-likeness (QED) is 0.872. The molecule has 0 bridgehead atoms. The Bertz CT molecular complexity index is 419. The van der Waals surface area contributed by atoms with Gasteiger partial charge in [-0.25, -0.2) is 4.39 Å². The van der Waals surface area contributed by atoms with E-state index in [0.29, 0.717) is 11.4 Å². The van der Waals surface area contributed by atoms with Crippen molar-refractivity contribution in [1.82, 2.24) is 5.32 Å². The lowest BCUT2D eigenvalue weighted by molar-refractivity contribution is 0.0843. The average molecular weight is 260 g/mol. The highest BCUT2D eigenvalue weighted by Gasteiger charge is 2.25. The molecule has 0 aromatic heterocycles. The van der Waals surface area contributed by atoms with Gasteiger partial charge < -0.3 is 10.4 Å². The van der Waals surface area contributed by atoms with Crippen molar-refractivity contribution < 1.29 is 14.3 Å². The fourth-order valence-electron chi connectivity index (χ4n) is 1.25.